The number of aromatic nitrogens is 2. The Hall–Kier alpha value is -1.57. The molecule has 1 aliphatic rings. The van der Waals surface area contributed by atoms with Gasteiger partial charge in [-0.25, -0.2) is 9.97 Å². The molecule has 1 unspecified atom stereocenters. The van der Waals surface area contributed by atoms with Crippen LogP contribution in [0, 0.1) is 0 Å². The number of primary amides is 1. The fourth-order valence-electron chi connectivity index (χ4n) is 2.03. The van der Waals surface area contributed by atoms with Crippen molar-refractivity contribution in [2.24, 2.45) is 5.73 Å². The number of nitrogens with two attached hydrogens (primary N) is 1. The highest BCUT2D eigenvalue weighted by molar-refractivity contribution is 6.28. The van der Waals surface area contributed by atoms with Crippen molar-refractivity contribution in [3.8, 4) is 0 Å². The highest BCUT2D eigenvalue weighted by Gasteiger charge is 2.36. The monoisotopic (exact) mass is 294 g/mol. The molecular formula is C10H10ClF3N4O. The standard InChI is InChI=1S/C10H10ClF3N4O/c11-9-16-6(10(12,13)14)4-7(17-9)18-3-1-2-5(18)8(15)19/h4-5H,1-3H2,(H2,15,19). The Morgan fingerprint density at radius 3 is 2.74 bits per heavy atom. The molecule has 0 spiro atoms. The van der Waals surface area contributed by atoms with Crippen molar-refractivity contribution in [3.05, 3.63) is 17.0 Å². The van der Waals surface area contributed by atoms with Crippen molar-refractivity contribution < 1.29 is 18.0 Å². The first-order valence-corrected chi connectivity index (χ1v) is 5.84. The lowest BCUT2D eigenvalue weighted by Gasteiger charge is -2.23. The maximum Gasteiger partial charge on any atom is 0.433 e. The van der Waals surface area contributed by atoms with E-state index in [0.29, 0.717) is 19.4 Å². The molecule has 0 radical (unpaired) electrons. The van der Waals surface area contributed by atoms with Crippen LogP contribution < -0.4 is 10.6 Å². The molecule has 104 valence electrons. The molecule has 0 saturated carbocycles. The second-order valence-electron chi connectivity index (χ2n) is 4.13. The fourth-order valence-corrected chi connectivity index (χ4v) is 2.21. The molecule has 1 saturated heterocycles. The van der Waals surface area contributed by atoms with Crippen LogP contribution in [-0.2, 0) is 11.0 Å². The molecular weight excluding hydrogens is 285 g/mol. The Kier molecular flexibility index (Phi) is 3.53. The Morgan fingerprint density at radius 1 is 1.47 bits per heavy atom. The lowest BCUT2D eigenvalue weighted by atomic mass is 10.2. The van der Waals surface area contributed by atoms with Crippen LogP contribution in [0.3, 0.4) is 0 Å². The second kappa shape index (κ2) is 4.84. The largest absolute Gasteiger partial charge is 0.433 e. The SMILES string of the molecule is NC(=O)C1CCCN1c1cc(C(F)(F)F)nc(Cl)n1. The molecule has 1 amide bonds. The molecule has 2 N–H and O–H groups in total. The topological polar surface area (TPSA) is 72.1 Å². The Bertz CT molecular complexity index is 508. The van der Waals surface area contributed by atoms with Gasteiger partial charge in [-0.05, 0) is 24.4 Å². The normalized spacial score (nSPS) is 19.8. The third-order valence-electron chi connectivity index (χ3n) is 2.85. The van der Waals surface area contributed by atoms with Gasteiger partial charge < -0.3 is 10.6 Å². The van der Waals surface area contributed by atoms with E-state index in [1.165, 1.54) is 4.90 Å². The van der Waals surface area contributed by atoms with Crippen molar-refractivity contribution in [2.75, 3.05) is 11.4 Å². The number of hydrogen-bond donors (Lipinski definition) is 1. The van der Waals surface area contributed by atoms with Gasteiger partial charge in [0.1, 0.15) is 11.9 Å². The molecule has 1 aromatic heterocycles. The van der Waals surface area contributed by atoms with E-state index in [2.05, 4.69) is 9.97 Å². The minimum Gasteiger partial charge on any atom is -0.368 e. The van der Waals surface area contributed by atoms with Crippen LogP contribution in [-0.4, -0.2) is 28.5 Å². The summed E-state index contributed by atoms with van der Waals surface area (Å²) in [4.78, 5) is 19.5. The molecule has 2 heterocycles. The minimum absolute atomic E-state index is 0.0337. The van der Waals surface area contributed by atoms with Gasteiger partial charge >= 0.3 is 6.18 Å². The summed E-state index contributed by atoms with van der Waals surface area (Å²) in [6.45, 7) is 0.401. The molecule has 0 aromatic carbocycles. The van der Waals surface area contributed by atoms with E-state index in [-0.39, 0.29) is 5.82 Å². The Labute approximate surface area is 111 Å². The van der Waals surface area contributed by atoms with Crippen molar-refractivity contribution in [1.82, 2.24) is 9.97 Å². The molecule has 1 fully saturated rings. The second-order valence-corrected chi connectivity index (χ2v) is 4.47. The van der Waals surface area contributed by atoms with Gasteiger partial charge in [-0.15, -0.1) is 0 Å². The predicted octanol–water partition coefficient (Wildman–Crippen LogP) is 1.60. The lowest BCUT2D eigenvalue weighted by molar-refractivity contribution is -0.141. The number of nitrogens with zero attached hydrogens (tertiary/aromatic N) is 3. The Morgan fingerprint density at radius 2 is 2.16 bits per heavy atom. The minimum atomic E-state index is -4.62. The summed E-state index contributed by atoms with van der Waals surface area (Å²) in [5.41, 5.74) is 4.07. The van der Waals surface area contributed by atoms with Gasteiger partial charge in [-0.3, -0.25) is 4.79 Å². The van der Waals surface area contributed by atoms with Crippen LogP contribution >= 0.6 is 11.6 Å². The van der Waals surface area contributed by atoms with Gasteiger partial charge in [0.2, 0.25) is 11.2 Å². The van der Waals surface area contributed by atoms with E-state index in [9.17, 15) is 18.0 Å². The maximum atomic E-state index is 12.6. The predicted molar refractivity (Wildman–Crippen MR) is 61.6 cm³/mol. The van der Waals surface area contributed by atoms with Crippen molar-refractivity contribution in [3.63, 3.8) is 0 Å². The van der Waals surface area contributed by atoms with Crippen molar-refractivity contribution >= 4 is 23.3 Å². The highest BCUT2D eigenvalue weighted by Crippen LogP contribution is 2.32. The quantitative estimate of drug-likeness (QED) is 0.841. The number of rotatable bonds is 2. The van der Waals surface area contributed by atoms with Gasteiger partial charge in [-0.1, -0.05) is 0 Å². The first kappa shape index (κ1) is 13.9. The van der Waals surface area contributed by atoms with E-state index in [0.717, 1.165) is 6.07 Å². The molecule has 0 bridgehead atoms. The van der Waals surface area contributed by atoms with Gasteiger partial charge in [0.05, 0.1) is 0 Å². The summed E-state index contributed by atoms with van der Waals surface area (Å²) in [7, 11) is 0. The molecule has 1 atom stereocenters. The molecule has 1 aliphatic heterocycles. The summed E-state index contributed by atoms with van der Waals surface area (Å²) in [5, 5.41) is -0.514. The van der Waals surface area contributed by atoms with Gasteiger partial charge in [0.25, 0.3) is 0 Å². The van der Waals surface area contributed by atoms with Crippen LogP contribution in [0.25, 0.3) is 0 Å². The number of amides is 1. The number of halogens is 4. The van der Waals surface area contributed by atoms with Gasteiger partial charge in [-0.2, -0.15) is 13.2 Å². The molecule has 19 heavy (non-hydrogen) atoms. The fraction of sp³-hybridized carbons (Fsp3) is 0.500. The third kappa shape index (κ3) is 2.89. The summed E-state index contributed by atoms with van der Waals surface area (Å²) in [6, 6.07) is 0.111. The van der Waals surface area contributed by atoms with E-state index in [4.69, 9.17) is 17.3 Å². The van der Waals surface area contributed by atoms with Gasteiger partial charge in [0.15, 0.2) is 5.69 Å². The zero-order chi connectivity index (χ0) is 14.2. The number of carbonyl (C=O) groups excluding carboxylic acids is 1. The molecule has 0 aliphatic carbocycles. The molecule has 5 nitrogen and oxygen atoms in total. The summed E-state index contributed by atoms with van der Waals surface area (Å²) in [5.74, 6) is -0.630. The lowest BCUT2D eigenvalue weighted by Crippen LogP contribution is -2.40. The van der Waals surface area contributed by atoms with E-state index >= 15 is 0 Å². The average molecular weight is 295 g/mol. The number of anilines is 1. The summed E-state index contributed by atoms with van der Waals surface area (Å²) < 4.78 is 37.9. The number of hydrogen-bond acceptors (Lipinski definition) is 4. The van der Waals surface area contributed by atoms with Crippen LogP contribution in [0.4, 0.5) is 19.0 Å². The first-order valence-electron chi connectivity index (χ1n) is 5.47. The smallest absolute Gasteiger partial charge is 0.368 e. The number of alkyl halides is 3. The molecule has 9 heteroatoms. The molecule has 2 rings (SSSR count). The van der Waals surface area contributed by atoms with Crippen LogP contribution in [0.1, 0.15) is 18.5 Å². The van der Waals surface area contributed by atoms with Crippen LogP contribution in [0.5, 0.6) is 0 Å². The average Bonchev–Trinajstić information content (AvgIpc) is 2.75. The Balaban J connectivity index is 2.40. The van der Waals surface area contributed by atoms with Gasteiger partial charge in [0, 0.05) is 12.6 Å². The summed E-state index contributed by atoms with van der Waals surface area (Å²) >= 11 is 5.50. The van der Waals surface area contributed by atoms with E-state index in [1.807, 2.05) is 0 Å². The van der Waals surface area contributed by atoms with E-state index in [1.54, 1.807) is 0 Å². The van der Waals surface area contributed by atoms with Crippen molar-refractivity contribution in [1.29, 1.82) is 0 Å². The van der Waals surface area contributed by atoms with E-state index < -0.39 is 29.1 Å². The third-order valence-corrected chi connectivity index (χ3v) is 3.02. The van der Waals surface area contributed by atoms with Crippen LogP contribution in [0.2, 0.25) is 5.28 Å². The first-order chi connectivity index (χ1) is 8.79. The van der Waals surface area contributed by atoms with Crippen molar-refractivity contribution in [2.45, 2.75) is 25.1 Å². The zero-order valence-corrected chi connectivity index (χ0v) is 10.4. The zero-order valence-electron chi connectivity index (χ0n) is 9.62. The highest BCUT2D eigenvalue weighted by atomic mass is 35.5. The molecule has 1 aromatic rings. The van der Waals surface area contributed by atoms with Crippen LogP contribution in [0.15, 0.2) is 6.07 Å². The maximum absolute atomic E-state index is 12.6. The summed E-state index contributed by atoms with van der Waals surface area (Å²) in [6.07, 6.45) is -3.49. The number of carbonyl (C=O) groups is 1.